The van der Waals surface area contributed by atoms with Crippen LogP contribution in [-0.4, -0.2) is 19.1 Å². The maximum absolute atomic E-state index is 5.26. The molecule has 0 atom stereocenters. The van der Waals surface area contributed by atoms with Crippen LogP contribution in [0.15, 0.2) is 206 Å². The van der Waals surface area contributed by atoms with E-state index in [0.717, 1.165) is 38.8 Å². The summed E-state index contributed by atoms with van der Waals surface area (Å²) in [6, 6.07) is 73.8. The lowest BCUT2D eigenvalue weighted by atomic mass is 10.00. The summed E-state index contributed by atoms with van der Waals surface area (Å²) in [5.41, 5.74) is 13.3. The molecule has 0 unspecified atom stereocenters. The molecule has 0 fully saturated rings. The summed E-state index contributed by atoms with van der Waals surface area (Å²) in [6.45, 7) is 0. The third kappa shape index (κ3) is 5.02. The van der Waals surface area contributed by atoms with Crippen molar-refractivity contribution in [3.63, 3.8) is 0 Å². The standard InChI is InChI=1S/C54H34N4/c1-3-14-36(15-4-1)53-52-42-18-8-7-13-35(42)25-30-47(52)55-54(56-53)37-23-28-41(29-24-37)58-49-22-12-10-20-44(49)46-34-39(27-32-51(46)58)38-26-31-50-45(33-38)43-19-9-11-21-48(43)57(50)40-16-5-2-6-17-40/h1-34H. The average molecular weight is 739 g/mol. The predicted molar refractivity (Wildman–Crippen MR) is 242 cm³/mol. The number of para-hydroxylation sites is 3. The Morgan fingerprint density at radius 2 is 0.810 bits per heavy atom. The summed E-state index contributed by atoms with van der Waals surface area (Å²) in [5.74, 6) is 0.712. The highest BCUT2D eigenvalue weighted by molar-refractivity contribution is 6.14. The van der Waals surface area contributed by atoms with Gasteiger partial charge >= 0.3 is 0 Å². The number of fused-ring (bicyclic) bond motifs is 9. The second kappa shape index (κ2) is 12.9. The zero-order chi connectivity index (χ0) is 38.2. The Morgan fingerprint density at radius 3 is 1.45 bits per heavy atom. The molecular weight excluding hydrogens is 705 g/mol. The van der Waals surface area contributed by atoms with E-state index in [4.69, 9.17) is 9.97 Å². The molecule has 0 aliphatic rings. The number of rotatable bonds is 5. The Hall–Kier alpha value is -7.82. The second-order valence-corrected chi connectivity index (χ2v) is 15.0. The number of aromatic nitrogens is 4. The first-order chi connectivity index (χ1) is 28.8. The third-order valence-electron chi connectivity index (χ3n) is 11.7. The van der Waals surface area contributed by atoms with E-state index < -0.39 is 0 Å². The maximum Gasteiger partial charge on any atom is 0.160 e. The van der Waals surface area contributed by atoms with Crippen molar-refractivity contribution in [2.24, 2.45) is 0 Å². The van der Waals surface area contributed by atoms with Gasteiger partial charge in [0.1, 0.15) is 0 Å². The van der Waals surface area contributed by atoms with Gasteiger partial charge in [-0.2, -0.15) is 0 Å². The highest BCUT2D eigenvalue weighted by Gasteiger charge is 2.18. The summed E-state index contributed by atoms with van der Waals surface area (Å²) in [6.07, 6.45) is 0. The molecule has 0 radical (unpaired) electrons. The second-order valence-electron chi connectivity index (χ2n) is 15.0. The van der Waals surface area contributed by atoms with Crippen molar-refractivity contribution in [2.45, 2.75) is 0 Å². The van der Waals surface area contributed by atoms with E-state index in [-0.39, 0.29) is 0 Å². The first kappa shape index (κ1) is 32.4. The first-order valence-corrected chi connectivity index (χ1v) is 19.7. The van der Waals surface area contributed by atoms with Crippen molar-refractivity contribution in [1.29, 1.82) is 0 Å². The van der Waals surface area contributed by atoms with Gasteiger partial charge in [0.15, 0.2) is 5.82 Å². The smallest absolute Gasteiger partial charge is 0.160 e. The van der Waals surface area contributed by atoms with Crippen molar-refractivity contribution in [2.75, 3.05) is 0 Å². The Morgan fingerprint density at radius 1 is 0.310 bits per heavy atom. The first-order valence-electron chi connectivity index (χ1n) is 19.7. The molecule has 3 heterocycles. The van der Waals surface area contributed by atoms with Crippen LogP contribution in [0.25, 0.3) is 110 Å². The lowest BCUT2D eigenvalue weighted by Gasteiger charge is -2.13. The van der Waals surface area contributed by atoms with Gasteiger partial charge in [-0.05, 0) is 101 Å². The van der Waals surface area contributed by atoms with E-state index >= 15 is 0 Å². The summed E-state index contributed by atoms with van der Waals surface area (Å²) < 4.78 is 4.74. The van der Waals surface area contributed by atoms with Gasteiger partial charge in [-0.25, -0.2) is 9.97 Å². The van der Waals surface area contributed by atoms with Crippen LogP contribution in [0.4, 0.5) is 0 Å². The monoisotopic (exact) mass is 738 g/mol. The van der Waals surface area contributed by atoms with Crippen LogP contribution >= 0.6 is 0 Å². The maximum atomic E-state index is 5.26. The molecule has 0 aliphatic heterocycles. The highest BCUT2D eigenvalue weighted by Crippen LogP contribution is 2.39. The molecule has 0 bridgehead atoms. The van der Waals surface area contributed by atoms with Crippen LogP contribution in [0.3, 0.4) is 0 Å². The van der Waals surface area contributed by atoms with Crippen molar-refractivity contribution in [3.05, 3.63) is 206 Å². The van der Waals surface area contributed by atoms with Gasteiger partial charge in [-0.3, -0.25) is 0 Å². The van der Waals surface area contributed by atoms with Crippen molar-refractivity contribution in [3.8, 4) is 45.1 Å². The lowest BCUT2D eigenvalue weighted by molar-refractivity contribution is 1.17. The molecule has 0 N–H and O–H groups in total. The third-order valence-corrected chi connectivity index (χ3v) is 11.7. The molecule has 4 heteroatoms. The predicted octanol–water partition coefficient (Wildman–Crippen LogP) is 14.0. The van der Waals surface area contributed by atoms with Gasteiger partial charge in [0.2, 0.25) is 0 Å². The number of benzene rings is 9. The average Bonchev–Trinajstić information content (AvgIpc) is 3.81. The van der Waals surface area contributed by atoms with Crippen molar-refractivity contribution < 1.29 is 0 Å². The number of hydrogen-bond donors (Lipinski definition) is 0. The zero-order valence-electron chi connectivity index (χ0n) is 31.4. The van der Waals surface area contributed by atoms with Crippen molar-refractivity contribution >= 4 is 65.3 Å². The Balaban J connectivity index is 0.968. The van der Waals surface area contributed by atoms with Crippen LogP contribution in [0.2, 0.25) is 0 Å². The van der Waals surface area contributed by atoms with E-state index in [1.165, 1.54) is 65.8 Å². The number of nitrogens with zero attached hydrogens (tertiary/aromatic N) is 4. The minimum atomic E-state index is 0.712. The molecule has 270 valence electrons. The van der Waals surface area contributed by atoms with Crippen LogP contribution in [-0.2, 0) is 0 Å². The molecule has 9 aromatic carbocycles. The molecule has 4 nitrogen and oxygen atoms in total. The van der Waals surface area contributed by atoms with Gasteiger partial charge in [0.05, 0.1) is 33.3 Å². The Bertz CT molecular complexity index is 3540. The normalized spacial score (nSPS) is 11.8. The molecule has 0 amide bonds. The molecule has 12 aromatic rings. The SMILES string of the molecule is c1ccc(-c2nc(-c3ccc(-n4c5ccccc5c5cc(-c6ccc7c(c6)c6ccccc6n7-c6ccccc6)ccc54)cc3)nc3ccc4ccccc4c23)cc1. The van der Waals surface area contributed by atoms with E-state index in [1.54, 1.807) is 0 Å². The molecule has 0 spiro atoms. The van der Waals surface area contributed by atoms with Crippen LogP contribution in [0.1, 0.15) is 0 Å². The molecule has 58 heavy (non-hydrogen) atoms. The van der Waals surface area contributed by atoms with Gasteiger partial charge in [0.25, 0.3) is 0 Å². The van der Waals surface area contributed by atoms with Gasteiger partial charge in [-0.15, -0.1) is 0 Å². The largest absolute Gasteiger partial charge is 0.309 e. The van der Waals surface area contributed by atoms with Crippen molar-refractivity contribution in [1.82, 2.24) is 19.1 Å². The topological polar surface area (TPSA) is 35.6 Å². The number of hydrogen-bond acceptors (Lipinski definition) is 2. The van der Waals surface area contributed by atoms with E-state index in [1.807, 2.05) is 6.07 Å². The van der Waals surface area contributed by atoms with Gasteiger partial charge in [-0.1, -0.05) is 127 Å². The summed E-state index contributed by atoms with van der Waals surface area (Å²) >= 11 is 0. The molecule has 12 rings (SSSR count). The van der Waals surface area contributed by atoms with E-state index in [9.17, 15) is 0 Å². The van der Waals surface area contributed by atoms with Gasteiger partial charge in [0, 0.05) is 49.4 Å². The molecular formula is C54H34N4. The molecule has 0 saturated heterocycles. The zero-order valence-corrected chi connectivity index (χ0v) is 31.4. The summed E-state index contributed by atoms with van der Waals surface area (Å²) in [4.78, 5) is 10.4. The molecule has 3 aromatic heterocycles. The highest BCUT2D eigenvalue weighted by atomic mass is 15.0. The van der Waals surface area contributed by atoms with E-state index in [2.05, 4.69) is 209 Å². The summed E-state index contributed by atoms with van der Waals surface area (Å²) in [5, 5.41) is 8.37. The van der Waals surface area contributed by atoms with E-state index in [0.29, 0.717) is 5.82 Å². The van der Waals surface area contributed by atoms with Gasteiger partial charge < -0.3 is 9.13 Å². The fourth-order valence-corrected chi connectivity index (χ4v) is 9.03. The fourth-order valence-electron chi connectivity index (χ4n) is 9.03. The van der Waals surface area contributed by atoms with Crippen LogP contribution in [0, 0.1) is 0 Å². The minimum Gasteiger partial charge on any atom is -0.309 e. The Kier molecular flexibility index (Phi) is 7.20. The molecule has 0 aliphatic carbocycles. The van der Waals surface area contributed by atoms with Crippen LogP contribution < -0.4 is 0 Å². The quantitative estimate of drug-likeness (QED) is 0.165. The molecule has 0 saturated carbocycles. The lowest BCUT2D eigenvalue weighted by Crippen LogP contribution is -1.97. The van der Waals surface area contributed by atoms with Crippen LogP contribution in [0.5, 0.6) is 0 Å². The minimum absolute atomic E-state index is 0.712. The Labute approximate surface area is 334 Å². The fraction of sp³-hybridized carbons (Fsp3) is 0. The summed E-state index contributed by atoms with van der Waals surface area (Å²) in [7, 11) is 0.